The lowest BCUT2D eigenvalue weighted by atomic mass is 10.0. The zero-order chi connectivity index (χ0) is 26.1. The summed E-state index contributed by atoms with van der Waals surface area (Å²) in [5, 5.41) is 16.6. The van der Waals surface area contributed by atoms with E-state index in [1.807, 2.05) is 73.8 Å². The lowest BCUT2D eigenvalue weighted by Gasteiger charge is -2.23. The number of benzene rings is 1. The second-order valence-corrected chi connectivity index (χ2v) is 10.6. The van der Waals surface area contributed by atoms with Crippen LogP contribution in [-0.4, -0.2) is 45.2 Å². The zero-order valence-corrected chi connectivity index (χ0v) is 22.0. The standard InChI is InChI=1S/C27H31N3O4S2/c1-17(2)13-23(35)26(32)29-21(14-18-7-4-3-5-8-18)25(31)30-22(27(33)34)15-19-10-11-20(28-16-19)24-9-6-12-36-24/h3-12,16-17,21-23,35H,13-15H2,1-2H3,(H,29,32)(H,30,31)(H,33,34). The van der Waals surface area contributed by atoms with E-state index < -0.39 is 29.2 Å². The number of carboxylic acids is 1. The number of nitrogens with one attached hydrogen (secondary N) is 2. The van der Waals surface area contributed by atoms with Crippen molar-refractivity contribution in [3.63, 3.8) is 0 Å². The third kappa shape index (κ3) is 8.20. The second-order valence-electron chi connectivity index (χ2n) is 9.03. The monoisotopic (exact) mass is 525 g/mol. The molecule has 2 amide bonds. The van der Waals surface area contributed by atoms with E-state index >= 15 is 0 Å². The molecule has 3 rings (SSSR count). The third-order valence-corrected chi connectivity index (χ3v) is 6.90. The number of carboxylic acid groups (broad SMARTS) is 1. The van der Waals surface area contributed by atoms with Gasteiger partial charge >= 0.3 is 5.97 Å². The number of nitrogens with zero attached hydrogens (tertiary/aromatic N) is 1. The molecule has 0 saturated carbocycles. The van der Waals surface area contributed by atoms with E-state index in [0.717, 1.165) is 16.1 Å². The Bertz CT molecular complexity index is 1140. The van der Waals surface area contributed by atoms with Crippen LogP contribution in [-0.2, 0) is 27.2 Å². The van der Waals surface area contributed by atoms with Gasteiger partial charge in [0.1, 0.15) is 12.1 Å². The van der Waals surface area contributed by atoms with Gasteiger partial charge in [-0.15, -0.1) is 11.3 Å². The molecular weight excluding hydrogens is 494 g/mol. The molecule has 0 aliphatic carbocycles. The molecule has 7 nitrogen and oxygen atoms in total. The topological polar surface area (TPSA) is 108 Å². The molecule has 9 heteroatoms. The van der Waals surface area contributed by atoms with Crippen LogP contribution in [0.4, 0.5) is 0 Å². The van der Waals surface area contributed by atoms with Gasteiger partial charge in [0, 0.05) is 19.0 Å². The van der Waals surface area contributed by atoms with Crippen LogP contribution in [0.25, 0.3) is 10.6 Å². The highest BCUT2D eigenvalue weighted by Crippen LogP contribution is 2.22. The molecule has 36 heavy (non-hydrogen) atoms. The molecule has 2 heterocycles. The predicted molar refractivity (Wildman–Crippen MR) is 145 cm³/mol. The molecule has 3 aromatic rings. The highest BCUT2D eigenvalue weighted by atomic mass is 32.1. The number of carbonyl (C=O) groups is 3. The van der Waals surface area contributed by atoms with Crippen molar-refractivity contribution in [2.24, 2.45) is 5.92 Å². The first kappa shape index (κ1) is 27.4. The number of rotatable bonds is 12. The Labute approximate surface area is 220 Å². The number of pyridine rings is 1. The van der Waals surface area contributed by atoms with E-state index in [2.05, 4.69) is 28.2 Å². The highest BCUT2D eigenvalue weighted by Gasteiger charge is 2.28. The van der Waals surface area contributed by atoms with E-state index in [4.69, 9.17) is 0 Å². The summed E-state index contributed by atoms with van der Waals surface area (Å²) in [6, 6.07) is 14.7. The van der Waals surface area contributed by atoms with Crippen LogP contribution >= 0.6 is 24.0 Å². The molecule has 0 spiro atoms. The molecule has 0 aliphatic rings. The molecule has 0 bridgehead atoms. The summed E-state index contributed by atoms with van der Waals surface area (Å²) in [7, 11) is 0. The van der Waals surface area contributed by atoms with Gasteiger partial charge in [0.25, 0.3) is 0 Å². The molecule has 190 valence electrons. The summed E-state index contributed by atoms with van der Waals surface area (Å²) < 4.78 is 0. The van der Waals surface area contributed by atoms with Crippen molar-refractivity contribution in [2.45, 2.75) is 50.4 Å². The summed E-state index contributed by atoms with van der Waals surface area (Å²) in [5.41, 5.74) is 2.33. The minimum absolute atomic E-state index is 0.0628. The van der Waals surface area contributed by atoms with Gasteiger partial charge in [-0.3, -0.25) is 14.6 Å². The van der Waals surface area contributed by atoms with Gasteiger partial charge in [-0.05, 0) is 41.0 Å². The van der Waals surface area contributed by atoms with E-state index in [-0.39, 0.29) is 24.7 Å². The molecule has 0 radical (unpaired) electrons. The fourth-order valence-electron chi connectivity index (χ4n) is 3.70. The number of hydrogen-bond donors (Lipinski definition) is 4. The molecule has 0 saturated heterocycles. The minimum atomic E-state index is -1.18. The van der Waals surface area contributed by atoms with Crippen molar-refractivity contribution in [3.05, 3.63) is 77.3 Å². The molecular formula is C27H31N3O4S2. The van der Waals surface area contributed by atoms with Gasteiger partial charge in [0.05, 0.1) is 15.8 Å². The largest absolute Gasteiger partial charge is 0.480 e. The van der Waals surface area contributed by atoms with Crippen molar-refractivity contribution >= 4 is 41.7 Å². The molecule has 2 aromatic heterocycles. The summed E-state index contributed by atoms with van der Waals surface area (Å²) in [6.07, 6.45) is 2.47. The van der Waals surface area contributed by atoms with Crippen molar-refractivity contribution in [1.29, 1.82) is 0 Å². The van der Waals surface area contributed by atoms with Crippen LogP contribution < -0.4 is 10.6 Å². The van der Waals surface area contributed by atoms with E-state index in [9.17, 15) is 19.5 Å². The lowest BCUT2D eigenvalue weighted by molar-refractivity contribution is -0.142. The maximum Gasteiger partial charge on any atom is 0.326 e. The number of carbonyl (C=O) groups excluding carboxylic acids is 2. The van der Waals surface area contributed by atoms with Crippen molar-refractivity contribution in [2.75, 3.05) is 0 Å². The normalized spacial score (nSPS) is 13.6. The van der Waals surface area contributed by atoms with Gasteiger partial charge in [-0.1, -0.05) is 56.3 Å². The van der Waals surface area contributed by atoms with E-state index in [1.54, 1.807) is 17.5 Å². The van der Waals surface area contributed by atoms with E-state index in [1.165, 1.54) is 0 Å². The first-order valence-electron chi connectivity index (χ1n) is 11.8. The van der Waals surface area contributed by atoms with Gasteiger partial charge in [0.15, 0.2) is 0 Å². The summed E-state index contributed by atoms with van der Waals surface area (Å²) >= 11 is 5.96. The fourth-order valence-corrected chi connectivity index (χ4v) is 4.90. The van der Waals surface area contributed by atoms with Crippen LogP contribution in [0, 0.1) is 5.92 Å². The van der Waals surface area contributed by atoms with Gasteiger partial charge in [-0.2, -0.15) is 12.6 Å². The van der Waals surface area contributed by atoms with Gasteiger partial charge < -0.3 is 15.7 Å². The van der Waals surface area contributed by atoms with Crippen molar-refractivity contribution in [3.8, 4) is 10.6 Å². The molecule has 0 aliphatic heterocycles. The number of thiol groups is 1. The molecule has 1 aromatic carbocycles. The van der Waals surface area contributed by atoms with E-state index in [0.29, 0.717) is 12.0 Å². The average Bonchev–Trinajstić information content (AvgIpc) is 3.39. The van der Waals surface area contributed by atoms with Crippen LogP contribution in [0.1, 0.15) is 31.4 Å². The number of hydrogen-bond acceptors (Lipinski definition) is 6. The Kier molecular flexibility index (Phi) is 10.1. The predicted octanol–water partition coefficient (Wildman–Crippen LogP) is 3.99. The Morgan fingerprint density at radius 2 is 1.61 bits per heavy atom. The number of aromatic nitrogens is 1. The first-order chi connectivity index (χ1) is 17.2. The summed E-state index contributed by atoms with van der Waals surface area (Å²) in [4.78, 5) is 43.4. The SMILES string of the molecule is CC(C)CC(S)C(=O)NC(Cc1ccccc1)C(=O)NC(Cc1ccc(-c2cccs2)nc1)C(=O)O. The summed E-state index contributed by atoms with van der Waals surface area (Å²) in [5.74, 6) is -1.82. The van der Waals surface area contributed by atoms with Crippen LogP contribution in [0.15, 0.2) is 66.2 Å². The maximum atomic E-state index is 13.2. The Hall–Kier alpha value is -3.17. The van der Waals surface area contributed by atoms with Crippen LogP contribution in [0.2, 0.25) is 0 Å². The molecule has 0 fully saturated rings. The Morgan fingerprint density at radius 3 is 2.19 bits per heavy atom. The first-order valence-corrected chi connectivity index (χ1v) is 13.2. The number of thiophene rings is 1. The Morgan fingerprint density at radius 1 is 0.917 bits per heavy atom. The van der Waals surface area contributed by atoms with Crippen LogP contribution in [0.5, 0.6) is 0 Å². The quantitative estimate of drug-likeness (QED) is 0.268. The van der Waals surface area contributed by atoms with Crippen molar-refractivity contribution in [1.82, 2.24) is 15.6 Å². The van der Waals surface area contributed by atoms with Gasteiger partial charge in [0.2, 0.25) is 11.8 Å². The lowest BCUT2D eigenvalue weighted by Crippen LogP contribution is -2.54. The fraction of sp³-hybridized carbons (Fsp3) is 0.333. The molecule has 3 N–H and O–H groups in total. The Balaban J connectivity index is 1.72. The number of aliphatic carboxylic acids is 1. The average molecular weight is 526 g/mol. The van der Waals surface area contributed by atoms with Gasteiger partial charge in [-0.25, -0.2) is 4.79 Å². The maximum absolute atomic E-state index is 13.2. The summed E-state index contributed by atoms with van der Waals surface area (Å²) in [6.45, 7) is 3.98. The smallest absolute Gasteiger partial charge is 0.326 e. The third-order valence-electron chi connectivity index (χ3n) is 5.57. The van der Waals surface area contributed by atoms with Crippen LogP contribution in [0.3, 0.4) is 0 Å². The highest BCUT2D eigenvalue weighted by molar-refractivity contribution is 7.81. The molecule has 3 unspecified atom stereocenters. The molecule has 3 atom stereocenters. The number of amides is 2. The zero-order valence-electron chi connectivity index (χ0n) is 20.3. The second kappa shape index (κ2) is 13.2. The van der Waals surface area contributed by atoms with Crippen molar-refractivity contribution < 1.29 is 19.5 Å². The minimum Gasteiger partial charge on any atom is -0.480 e.